The highest BCUT2D eigenvalue weighted by Gasteiger charge is 1.88. The van der Waals surface area contributed by atoms with Gasteiger partial charge in [-0.2, -0.15) is 0 Å². The summed E-state index contributed by atoms with van der Waals surface area (Å²) in [5, 5.41) is 0. The Morgan fingerprint density at radius 3 is 0.421 bits per heavy atom. The molecule has 5 aromatic rings. The predicted molar refractivity (Wildman–Crippen MR) is 271 cm³/mol. The van der Waals surface area contributed by atoms with E-state index in [2.05, 4.69) is 91.2 Å². The largest absolute Gasteiger partial charge is 0.378 e. The second-order valence-electron chi connectivity index (χ2n) is 12.1. The molecule has 0 unspecified atom stereocenters. The van der Waals surface area contributed by atoms with Crippen LogP contribution in [0.4, 0.5) is 11.4 Å². The highest BCUT2D eigenvalue weighted by molar-refractivity contribution is 5.44. The molecule has 0 spiro atoms. The number of nitrogens with zero attached hydrogens (tertiary/aromatic N) is 4. The maximum Gasteiger partial charge on any atom is 0.0360 e. The van der Waals surface area contributed by atoms with E-state index in [1.54, 1.807) is 0 Å². The first kappa shape index (κ1) is 67.4. The van der Waals surface area contributed by atoms with Gasteiger partial charge >= 0.3 is 0 Å². The van der Waals surface area contributed by atoms with Gasteiger partial charge in [0, 0.05) is 39.6 Å². The van der Waals surface area contributed by atoms with E-state index in [0.717, 1.165) is 0 Å². The molecular weight excluding hydrogens is 693 g/mol. The molecule has 5 aromatic carbocycles. The first-order valence-electron chi connectivity index (χ1n) is 21.0. The van der Waals surface area contributed by atoms with Crippen molar-refractivity contribution in [2.24, 2.45) is 0 Å². The average Bonchev–Trinajstić information content (AvgIpc) is 3.24. The maximum absolute atomic E-state index is 2.08. The molecule has 0 aliphatic carbocycles. The van der Waals surface area contributed by atoms with Gasteiger partial charge in [-0.15, -0.1) is 0 Å². The van der Waals surface area contributed by atoms with Crippen LogP contribution in [0.25, 0.3) is 0 Å². The Morgan fingerprint density at radius 2 is 0.351 bits per heavy atom. The second-order valence-corrected chi connectivity index (χ2v) is 12.1. The van der Waals surface area contributed by atoms with E-state index in [1.807, 2.05) is 241 Å². The summed E-state index contributed by atoms with van der Waals surface area (Å²) >= 11 is 0. The van der Waals surface area contributed by atoms with Crippen molar-refractivity contribution < 1.29 is 0 Å². The van der Waals surface area contributed by atoms with Gasteiger partial charge in [-0.3, -0.25) is 0 Å². The molecule has 4 nitrogen and oxygen atoms in total. The van der Waals surface area contributed by atoms with E-state index >= 15 is 0 Å². The Kier molecular flexibility index (Phi) is 68.9. The van der Waals surface area contributed by atoms with E-state index in [-0.39, 0.29) is 0 Å². The lowest BCUT2D eigenvalue weighted by Gasteiger charge is -2.10. The molecule has 326 valence electrons. The zero-order valence-electron chi connectivity index (χ0n) is 41.7. The number of hydrogen-bond donors (Lipinski definition) is 0. The molecule has 0 fully saturated rings. The molecule has 0 heterocycles. The summed E-state index contributed by atoms with van der Waals surface area (Å²) in [5.41, 5.74) is 6.46. The SMILES string of the molecule is CC.CC.CC.CC.CC.CN(C)C.CN(C)C.CN(C)c1ccccc1.CN(C)c1ccccc1.Cc1ccccc1.Cc1ccccc1.Cc1ccccc1. The van der Waals surface area contributed by atoms with Gasteiger partial charge in [-0.05, 0) is 87.3 Å². The van der Waals surface area contributed by atoms with Gasteiger partial charge in [0.05, 0.1) is 0 Å². The minimum atomic E-state index is 1.25. The summed E-state index contributed by atoms with van der Waals surface area (Å²) in [5.74, 6) is 0. The second kappa shape index (κ2) is 58.3. The van der Waals surface area contributed by atoms with Crippen molar-refractivity contribution in [3.8, 4) is 0 Å². The molecule has 57 heavy (non-hydrogen) atoms. The summed E-state index contributed by atoms with van der Waals surface area (Å²) in [6, 6.07) is 51.3. The van der Waals surface area contributed by atoms with Crippen molar-refractivity contribution in [3.05, 3.63) is 168 Å². The molecule has 4 heteroatoms. The highest BCUT2D eigenvalue weighted by atomic mass is 15.1. The Morgan fingerprint density at radius 1 is 0.228 bits per heavy atom. The van der Waals surface area contributed by atoms with Crippen LogP contribution in [0.1, 0.15) is 85.9 Å². The third-order valence-electron chi connectivity index (χ3n) is 5.37. The van der Waals surface area contributed by atoms with Crippen LogP contribution < -0.4 is 9.80 Å². The molecule has 0 atom stereocenters. The molecule has 5 rings (SSSR count). The Labute approximate surface area is 358 Å². The Bertz CT molecular complexity index is 1150. The summed E-state index contributed by atoms with van der Waals surface area (Å²) in [6.07, 6.45) is 0. The van der Waals surface area contributed by atoms with Crippen LogP contribution in [0.3, 0.4) is 0 Å². The van der Waals surface area contributed by atoms with Crippen molar-refractivity contribution in [3.63, 3.8) is 0 Å². The third-order valence-corrected chi connectivity index (χ3v) is 5.37. The van der Waals surface area contributed by atoms with Crippen LogP contribution >= 0.6 is 0 Å². The molecule has 0 aliphatic rings. The molecule has 0 radical (unpaired) electrons. The van der Waals surface area contributed by atoms with E-state index in [0.29, 0.717) is 0 Å². The number of benzene rings is 5. The molecule has 0 saturated heterocycles. The molecule has 0 saturated carbocycles. The number of hydrogen-bond acceptors (Lipinski definition) is 4. The van der Waals surface area contributed by atoms with Crippen molar-refractivity contribution in [2.75, 3.05) is 80.3 Å². The van der Waals surface area contributed by atoms with Crippen molar-refractivity contribution in [1.82, 2.24) is 9.80 Å². The molecule has 0 bridgehead atoms. The molecule has 0 amide bonds. The lowest BCUT2D eigenvalue weighted by Crippen LogP contribution is -2.07. The zero-order valence-corrected chi connectivity index (χ0v) is 41.7. The summed E-state index contributed by atoms with van der Waals surface area (Å²) in [4.78, 5) is 8.17. The quantitative estimate of drug-likeness (QED) is 0.177. The van der Waals surface area contributed by atoms with E-state index in [9.17, 15) is 0 Å². The lowest BCUT2D eigenvalue weighted by molar-refractivity contribution is 0.505. The monoisotopic (exact) mass is 787 g/mol. The molecular formula is C53H94N4. The molecule has 0 aliphatic heterocycles. The van der Waals surface area contributed by atoms with Crippen molar-refractivity contribution in [2.45, 2.75) is 90.0 Å². The van der Waals surface area contributed by atoms with Gasteiger partial charge in [-0.1, -0.05) is 213 Å². The zero-order chi connectivity index (χ0) is 45.9. The Hall–Kier alpha value is -4.38. The van der Waals surface area contributed by atoms with Crippen LogP contribution in [0.15, 0.2) is 152 Å². The van der Waals surface area contributed by atoms with Gasteiger partial charge in [-0.25, -0.2) is 0 Å². The average molecular weight is 787 g/mol. The number of para-hydroxylation sites is 2. The normalized spacial score (nSPS) is 7.88. The first-order valence-corrected chi connectivity index (χ1v) is 21.0. The fourth-order valence-electron chi connectivity index (χ4n) is 3.06. The minimum Gasteiger partial charge on any atom is -0.378 e. The highest BCUT2D eigenvalue weighted by Crippen LogP contribution is 2.08. The Balaban J connectivity index is -0.0000000999. The first-order chi connectivity index (χ1) is 27.3. The van der Waals surface area contributed by atoms with Crippen LogP contribution in [0.2, 0.25) is 0 Å². The van der Waals surface area contributed by atoms with Gasteiger partial charge in [0.2, 0.25) is 0 Å². The van der Waals surface area contributed by atoms with E-state index in [1.165, 1.54) is 28.1 Å². The van der Waals surface area contributed by atoms with Crippen LogP contribution in [-0.4, -0.2) is 80.3 Å². The van der Waals surface area contributed by atoms with Crippen LogP contribution in [-0.2, 0) is 0 Å². The number of rotatable bonds is 2. The number of anilines is 2. The molecule has 0 N–H and O–H groups in total. The van der Waals surface area contributed by atoms with Gasteiger partial charge in [0.15, 0.2) is 0 Å². The minimum absolute atomic E-state index is 1.25. The van der Waals surface area contributed by atoms with Crippen LogP contribution in [0, 0.1) is 20.8 Å². The fourth-order valence-corrected chi connectivity index (χ4v) is 3.06. The number of aryl methyl sites for hydroxylation is 3. The smallest absolute Gasteiger partial charge is 0.0360 e. The van der Waals surface area contributed by atoms with E-state index < -0.39 is 0 Å². The lowest BCUT2D eigenvalue weighted by atomic mass is 10.2. The van der Waals surface area contributed by atoms with Crippen molar-refractivity contribution in [1.29, 1.82) is 0 Å². The third kappa shape index (κ3) is 66.8. The van der Waals surface area contributed by atoms with Crippen LogP contribution in [0.5, 0.6) is 0 Å². The topological polar surface area (TPSA) is 13.0 Å². The van der Waals surface area contributed by atoms with E-state index in [4.69, 9.17) is 0 Å². The summed E-state index contributed by atoms with van der Waals surface area (Å²) < 4.78 is 0. The standard InChI is InChI=1S/2C8H11N.3C7H8.2C3H9N.5C2H6/c2*1-9(2)8-6-4-3-5-7-8;3*1-7-5-3-2-4-6-7;2*1-4(2)3;5*1-2/h2*3-7H,1-2H3;3*2-6H,1H3;2*1-3H3;5*1-2H3. The van der Waals surface area contributed by atoms with Crippen molar-refractivity contribution >= 4 is 11.4 Å². The summed E-state index contributed by atoms with van der Waals surface area (Å²) in [7, 11) is 20.1. The summed E-state index contributed by atoms with van der Waals surface area (Å²) in [6.45, 7) is 26.2. The van der Waals surface area contributed by atoms with Gasteiger partial charge in [0.1, 0.15) is 0 Å². The van der Waals surface area contributed by atoms with Gasteiger partial charge < -0.3 is 19.6 Å². The molecule has 0 aromatic heterocycles. The predicted octanol–water partition coefficient (Wildman–Crippen LogP) is 15.0. The fraction of sp³-hybridized carbons (Fsp3) is 0.434. The maximum atomic E-state index is 2.08. The van der Waals surface area contributed by atoms with Gasteiger partial charge in [0.25, 0.3) is 0 Å².